The van der Waals surface area contributed by atoms with E-state index < -0.39 is 64.5 Å². The van der Waals surface area contributed by atoms with E-state index in [0.29, 0.717) is 0 Å². The van der Waals surface area contributed by atoms with Crippen LogP contribution < -0.4 is 64.2 Å². The number of carboxylic acids is 1. The van der Waals surface area contributed by atoms with Gasteiger partial charge >= 0.3 is 89.3 Å². The predicted molar refractivity (Wildman–Crippen MR) is 54.9 cm³/mol. The van der Waals surface area contributed by atoms with Gasteiger partial charge in [0.15, 0.2) is 11.9 Å². The third-order valence-electron chi connectivity index (χ3n) is 2.51. The van der Waals surface area contributed by atoms with Gasteiger partial charge in [-0.1, -0.05) is 0 Å². The van der Waals surface area contributed by atoms with Crippen molar-refractivity contribution in [3.8, 4) is 0 Å². The molecule has 7 nitrogen and oxygen atoms in total. The summed E-state index contributed by atoms with van der Waals surface area (Å²) in [6.45, 7) is -3.04. The van der Waals surface area contributed by atoms with Gasteiger partial charge in [0.1, 0.15) is 10.1 Å². The summed E-state index contributed by atoms with van der Waals surface area (Å²) in [5.74, 6) is -24.4. The zero-order chi connectivity index (χ0) is 20.4. The van der Waals surface area contributed by atoms with Gasteiger partial charge in [0, 0.05) is 12.4 Å². The maximum absolute atomic E-state index is 13.0. The summed E-state index contributed by atoms with van der Waals surface area (Å²) < 4.78 is 135. The van der Waals surface area contributed by atoms with E-state index in [0.717, 1.165) is 0 Å². The number of rotatable bonds is 9. The first-order valence-electron chi connectivity index (χ1n) is 5.60. The van der Waals surface area contributed by atoms with Crippen molar-refractivity contribution in [3.63, 3.8) is 0 Å². The molecule has 0 saturated heterocycles. The first-order valence-corrected chi connectivity index (χ1v) is 7.08. The Balaban J connectivity index is -0.00000288. The van der Waals surface area contributed by atoms with Crippen molar-refractivity contribution in [2.75, 3.05) is 6.61 Å². The second kappa shape index (κ2) is 10.9. The summed E-state index contributed by atoms with van der Waals surface area (Å²) in [6, 6.07) is 0. The van der Waals surface area contributed by atoms with Crippen molar-refractivity contribution in [1.82, 2.24) is 0 Å². The first-order chi connectivity index (χ1) is 10.9. The van der Waals surface area contributed by atoms with Gasteiger partial charge < -0.3 is 19.2 Å². The van der Waals surface area contributed by atoms with Gasteiger partial charge in [0.05, 0.1) is 0 Å². The topological polar surface area (TPSA) is 124 Å². The van der Waals surface area contributed by atoms with Crippen molar-refractivity contribution < 1.29 is 127 Å². The Morgan fingerprint density at radius 2 is 1.41 bits per heavy atom. The number of carbonyl (C=O) groups excluding carboxylic acids is 2. The summed E-state index contributed by atoms with van der Waals surface area (Å²) in [7, 11) is -5.85. The van der Waals surface area contributed by atoms with Gasteiger partial charge in [0.2, 0.25) is 0 Å². The molecule has 1 unspecified atom stereocenters. The van der Waals surface area contributed by atoms with E-state index in [9.17, 15) is 62.8 Å². The molecule has 0 radical (unpaired) electrons. The Labute approximate surface area is 190 Å². The van der Waals surface area contributed by atoms with Crippen LogP contribution in [0.3, 0.4) is 0 Å². The van der Waals surface area contributed by atoms with Crippen molar-refractivity contribution in [1.29, 1.82) is 0 Å². The number of ether oxygens (including phenoxy) is 1. The molecular weight excluding hydrogens is 450 g/mol. The van der Waals surface area contributed by atoms with Crippen LogP contribution in [0.1, 0.15) is 6.42 Å². The Bertz CT molecular complexity index is 628. The number of hydrogen-bond acceptors (Lipinski definition) is 7. The van der Waals surface area contributed by atoms with Gasteiger partial charge in [-0.05, 0) is 0 Å². The number of hydrogen-bond donors (Lipinski definition) is 0. The van der Waals surface area contributed by atoms with Crippen LogP contribution in [0.2, 0.25) is 0 Å². The molecule has 0 saturated carbocycles. The largest absolute Gasteiger partial charge is 1.00 e. The first kappa shape index (κ1) is 32.0. The molecule has 0 aromatic rings. The van der Waals surface area contributed by atoms with Crippen LogP contribution in [0.15, 0.2) is 0 Å². The zero-order valence-electron chi connectivity index (χ0n) is 13.4. The third-order valence-corrected chi connectivity index (χ3v) is 3.57. The van der Waals surface area contributed by atoms with E-state index in [1.165, 1.54) is 0 Å². The Hall–Kier alpha value is 0.290. The summed E-state index contributed by atoms with van der Waals surface area (Å²) >= 11 is 0. The molecule has 0 aromatic carbocycles. The van der Waals surface area contributed by atoms with Crippen molar-refractivity contribution in [2.24, 2.45) is 0 Å². The number of aliphatic carboxylic acids is 1. The average Bonchev–Trinajstić information content (AvgIpc) is 2.40. The molecule has 0 fully saturated rings. The minimum atomic E-state index is -6.74. The smallest absolute Gasteiger partial charge is 0.747 e. The van der Waals surface area contributed by atoms with Crippen LogP contribution in [0, 0.1) is 0 Å². The van der Waals surface area contributed by atoms with Crippen LogP contribution in [0.5, 0.6) is 0 Å². The molecule has 0 rings (SSSR count). The molecule has 0 spiro atoms. The predicted octanol–water partition coefficient (Wildman–Crippen LogP) is -6.24. The number of alkyl halides is 8. The fraction of sp³-hybridized carbons (Fsp3) is 0.778. The molecular formula is C9H6F8Na2O7S. The van der Waals surface area contributed by atoms with Crippen molar-refractivity contribution in [3.05, 3.63) is 0 Å². The van der Waals surface area contributed by atoms with Gasteiger partial charge in [-0.15, -0.1) is 0 Å². The Morgan fingerprint density at radius 3 is 1.70 bits per heavy atom. The Morgan fingerprint density at radius 1 is 1.00 bits per heavy atom. The summed E-state index contributed by atoms with van der Waals surface area (Å²) in [4.78, 5) is 21.2. The molecule has 0 aliphatic heterocycles. The quantitative estimate of drug-likeness (QED) is 0.146. The second-order valence-electron chi connectivity index (χ2n) is 4.37. The van der Waals surface area contributed by atoms with Crippen LogP contribution >= 0.6 is 0 Å². The molecule has 0 bridgehead atoms. The van der Waals surface area contributed by atoms with Crippen LogP contribution in [-0.4, -0.2) is 61.0 Å². The fourth-order valence-corrected chi connectivity index (χ4v) is 1.82. The molecule has 0 N–H and O–H groups in total. The van der Waals surface area contributed by atoms with Gasteiger partial charge in [-0.3, -0.25) is 4.79 Å². The standard InChI is InChI=1S/C9H8F8O7S.2Na/c10-6(11)8(14,15)9(16,17)7(12,13)2-24-5(20)3(1-4(18)19)25(21,22)23;;/h3,6H,1-2H2,(H,18,19)(H,21,22,23);;/q;2*+1/p-2. The van der Waals surface area contributed by atoms with Crippen LogP contribution in [0.25, 0.3) is 0 Å². The fourth-order valence-electron chi connectivity index (χ4n) is 1.18. The minimum Gasteiger partial charge on any atom is -0.747 e. The van der Waals surface area contributed by atoms with Gasteiger partial charge in [0.25, 0.3) is 0 Å². The molecule has 1 atom stereocenters. The number of carboxylic acid groups (broad SMARTS) is 1. The zero-order valence-corrected chi connectivity index (χ0v) is 18.2. The molecule has 0 amide bonds. The van der Waals surface area contributed by atoms with E-state index in [4.69, 9.17) is 0 Å². The average molecular weight is 456 g/mol. The summed E-state index contributed by atoms with van der Waals surface area (Å²) in [5, 5.41) is 6.94. The Kier molecular flexibility index (Phi) is 12.9. The van der Waals surface area contributed by atoms with E-state index >= 15 is 0 Å². The maximum Gasteiger partial charge on any atom is 1.00 e. The number of halogens is 8. The van der Waals surface area contributed by atoms with Crippen molar-refractivity contribution >= 4 is 22.1 Å². The second-order valence-corrected chi connectivity index (χ2v) is 5.92. The summed E-state index contributed by atoms with van der Waals surface area (Å²) in [6.07, 6.45) is -7.16. The third kappa shape index (κ3) is 7.91. The maximum atomic E-state index is 13.0. The van der Waals surface area contributed by atoms with Gasteiger partial charge in [-0.2, -0.15) is 26.3 Å². The SMILES string of the molecule is O=C([O-])CC(C(=O)OCC(F)(F)C(F)(F)C(F)(F)C(F)F)S(=O)(=O)[O-].[Na+].[Na+]. The molecule has 0 aliphatic rings. The molecule has 0 heterocycles. The van der Waals surface area contributed by atoms with E-state index in [1.54, 1.807) is 0 Å². The van der Waals surface area contributed by atoms with Crippen LogP contribution in [-0.2, 0) is 24.4 Å². The van der Waals surface area contributed by atoms with Crippen LogP contribution in [0.4, 0.5) is 35.1 Å². The summed E-state index contributed by atoms with van der Waals surface area (Å²) in [5.41, 5.74) is 0. The molecule has 27 heavy (non-hydrogen) atoms. The van der Waals surface area contributed by atoms with E-state index in [-0.39, 0.29) is 59.1 Å². The van der Waals surface area contributed by atoms with Crippen molar-refractivity contribution in [2.45, 2.75) is 35.9 Å². The normalized spacial score (nSPS) is 14.0. The number of carbonyl (C=O) groups is 2. The van der Waals surface area contributed by atoms with Gasteiger partial charge in [-0.25, -0.2) is 17.2 Å². The molecule has 148 valence electrons. The molecule has 0 aliphatic carbocycles. The monoisotopic (exact) mass is 456 g/mol. The minimum absolute atomic E-state index is 0. The van der Waals surface area contributed by atoms with E-state index in [1.807, 2.05) is 0 Å². The molecule has 0 aromatic heterocycles. The molecule has 18 heteroatoms. The van der Waals surface area contributed by atoms with E-state index in [2.05, 4.69) is 4.74 Å². The number of esters is 1.